The van der Waals surface area contributed by atoms with Gasteiger partial charge in [-0.1, -0.05) is 12.1 Å². The molecular formula is C18H27CsN2O7S. The van der Waals surface area contributed by atoms with Gasteiger partial charge in [-0.05, 0) is 44.9 Å². The molecule has 0 radical (unpaired) electrons. The summed E-state index contributed by atoms with van der Waals surface area (Å²) in [6, 6.07) is 5.97. The smallest absolute Gasteiger partial charge is 0.748 e. The van der Waals surface area contributed by atoms with Gasteiger partial charge < -0.3 is 24.7 Å². The summed E-state index contributed by atoms with van der Waals surface area (Å²) in [7, 11) is -2.77. The van der Waals surface area contributed by atoms with Crippen molar-refractivity contribution < 1.29 is 101 Å². The van der Waals surface area contributed by atoms with Gasteiger partial charge in [0.2, 0.25) is 5.91 Å². The Labute approximate surface area is 230 Å². The van der Waals surface area contributed by atoms with Crippen LogP contribution < -0.4 is 84.3 Å². The molecule has 0 aliphatic rings. The first-order valence-electron chi connectivity index (χ1n) is 8.76. The molecule has 1 atom stereocenters. The summed E-state index contributed by atoms with van der Waals surface area (Å²) in [4.78, 5) is 24.0. The molecule has 0 aromatic heterocycles. The van der Waals surface area contributed by atoms with Crippen molar-refractivity contribution in [2.45, 2.75) is 45.3 Å². The number of hydrogen-bond acceptors (Lipinski definition) is 7. The first kappa shape index (κ1) is 28.7. The SMILES string of the molecule is CNC(=O)[C@H](Cc1ccc(OCCCS(=O)(=O)[O-])cc1)NC(=O)OC(C)(C)C.[Cs+]. The predicted molar refractivity (Wildman–Crippen MR) is 102 cm³/mol. The van der Waals surface area contributed by atoms with E-state index in [9.17, 15) is 22.6 Å². The van der Waals surface area contributed by atoms with Crippen LogP contribution in [0.25, 0.3) is 0 Å². The van der Waals surface area contributed by atoms with Gasteiger partial charge in [-0.25, -0.2) is 13.2 Å². The van der Waals surface area contributed by atoms with E-state index in [1.54, 1.807) is 45.0 Å². The zero-order valence-corrected chi connectivity index (χ0v) is 24.6. The summed E-state index contributed by atoms with van der Waals surface area (Å²) in [6.07, 6.45) is -0.339. The standard InChI is InChI=1S/C18H28N2O7S.Cs/c1-18(2,3)27-17(22)20-15(16(21)19-4)12-13-6-8-14(9-7-13)26-10-5-11-28(23,24)25;/h6-9,15H,5,10-12H2,1-4H3,(H,19,21)(H,20,22)(H,23,24,25);/q;+1/p-1/t15-;/m0./s1. The summed E-state index contributed by atoms with van der Waals surface area (Å²) in [5, 5.41) is 5.06. The van der Waals surface area contributed by atoms with Gasteiger partial charge in [-0.3, -0.25) is 4.79 Å². The molecule has 158 valence electrons. The normalized spacial score (nSPS) is 12.3. The number of hydrogen-bond donors (Lipinski definition) is 2. The van der Waals surface area contributed by atoms with Crippen molar-refractivity contribution in [1.29, 1.82) is 0 Å². The van der Waals surface area contributed by atoms with Gasteiger partial charge in [-0.15, -0.1) is 0 Å². The molecule has 11 heteroatoms. The van der Waals surface area contributed by atoms with E-state index in [4.69, 9.17) is 9.47 Å². The Kier molecular flexibility index (Phi) is 13.1. The number of rotatable bonds is 9. The maximum atomic E-state index is 12.1. The third-order valence-electron chi connectivity index (χ3n) is 3.42. The number of amides is 2. The van der Waals surface area contributed by atoms with Crippen molar-refractivity contribution in [1.82, 2.24) is 10.6 Å². The number of benzene rings is 1. The van der Waals surface area contributed by atoms with Crippen LogP contribution in [0, 0.1) is 0 Å². The second kappa shape index (κ2) is 13.2. The summed E-state index contributed by atoms with van der Waals surface area (Å²) in [5.74, 6) is -0.330. The second-order valence-corrected chi connectivity index (χ2v) is 8.65. The first-order chi connectivity index (χ1) is 12.9. The van der Waals surface area contributed by atoms with E-state index in [1.165, 1.54) is 7.05 Å². The Morgan fingerprint density at radius 1 is 1.17 bits per heavy atom. The van der Waals surface area contributed by atoms with Gasteiger partial charge in [0.05, 0.1) is 16.7 Å². The molecule has 0 aliphatic carbocycles. The van der Waals surface area contributed by atoms with Gasteiger partial charge in [0.15, 0.2) is 0 Å². The summed E-state index contributed by atoms with van der Waals surface area (Å²) in [6.45, 7) is 5.29. The Morgan fingerprint density at radius 3 is 2.24 bits per heavy atom. The minimum absolute atomic E-state index is 0. The van der Waals surface area contributed by atoms with Crippen molar-refractivity contribution in [3.63, 3.8) is 0 Å². The van der Waals surface area contributed by atoms with Crippen molar-refractivity contribution in [3.05, 3.63) is 29.8 Å². The van der Waals surface area contributed by atoms with Crippen LogP contribution in [0.5, 0.6) is 5.75 Å². The Bertz CT molecular complexity index is 761. The molecule has 0 fully saturated rings. The number of alkyl carbamates (subject to hydrolysis) is 1. The van der Waals surface area contributed by atoms with E-state index in [1.807, 2.05) is 0 Å². The molecule has 2 N–H and O–H groups in total. The number of carbonyl (C=O) groups is 2. The predicted octanol–water partition coefficient (Wildman–Crippen LogP) is -1.81. The summed E-state index contributed by atoms with van der Waals surface area (Å²) in [5.41, 5.74) is 0.0981. The number of carbonyl (C=O) groups excluding carboxylic acids is 2. The monoisotopic (exact) mass is 548 g/mol. The molecule has 0 aliphatic heterocycles. The molecule has 1 rings (SSSR count). The largest absolute Gasteiger partial charge is 1.00 e. The minimum atomic E-state index is -4.24. The van der Waals surface area contributed by atoms with E-state index in [0.29, 0.717) is 5.75 Å². The van der Waals surface area contributed by atoms with E-state index in [2.05, 4.69) is 10.6 Å². The fourth-order valence-corrected chi connectivity index (χ4v) is 2.69. The van der Waals surface area contributed by atoms with Crippen molar-refractivity contribution in [2.75, 3.05) is 19.4 Å². The molecule has 0 spiro atoms. The number of nitrogens with one attached hydrogen (secondary N) is 2. The fraction of sp³-hybridized carbons (Fsp3) is 0.556. The second-order valence-electron chi connectivity index (χ2n) is 7.12. The van der Waals surface area contributed by atoms with E-state index in [-0.39, 0.29) is 94.2 Å². The fourth-order valence-electron chi connectivity index (χ4n) is 2.22. The molecule has 0 unspecified atom stereocenters. The first-order valence-corrected chi connectivity index (χ1v) is 10.3. The maximum absolute atomic E-state index is 12.1. The van der Waals surface area contributed by atoms with Crippen LogP contribution in [0.2, 0.25) is 0 Å². The zero-order chi connectivity index (χ0) is 21.4. The Balaban J connectivity index is 0.00000784. The average molecular weight is 548 g/mol. The molecule has 1 aromatic carbocycles. The van der Waals surface area contributed by atoms with Crippen LogP contribution in [0.4, 0.5) is 4.79 Å². The molecular weight excluding hydrogens is 521 g/mol. The van der Waals surface area contributed by atoms with Crippen LogP contribution in [-0.4, -0.2) is 56.0 Å². The Morgan fingerprint density at radius 2 is 1.76 bits per heavy atom. The average Bonchev–Trinajstić information content (AvgIpc) is 2.56. The molecule has 0 saturated carbocycles. The summed E-state index contributed by atoms with van der Waals surface area (Å²) >= 11 is 0. The topological polar surface area (TPSA) is 134 Å². The molecule has 9 nitrogen and oxygen atoms in total. The molecule has 2 amide bonds. The van der Waals surface area contributed by atoms with Crippen molar-refractivity contribution in [3.8, 4) is 5.75 Å². The summed E-state index contributed by atoms with van der Waals surface area (Å²) < 4.78 is 42.2. The zero-order valence-electron chi connectivity index (χ0n) is 17.5. The van der Waals surface area contributed by atoms with Crippen LogP contribution in [0.15, 0.2) is 24.3 Å². The minimum Gasteiger partial charge on any atom is -0.748 e. The van der Waals surface area contributed by atoms with Crippen LogP contribution in [0.1, 0.15) is 32.8 Å². The van der Waals surface area contributed by atoms with Crippen molar-refractivity contribution >= 4 is 22.1 Å². The van der Waals surface area contributed by atoms with Gasteiger partial charge in [0.25, 0.3) is 0 Å². The van der Waals surface area contributed by atoms with Gasteiger partial charge in [0.1, 0.15) is 17.4 Å². The molecule has 29 heavy (non-hydrogen) atoms. The van der Waals surface area contributed by atoms with E-state index in [0.717, 1.165) is 5.56 Å². The van der Waals surface area contributed by atoms with Gasteiger partial charge in [-0.2, -0.15) is 0 Å². The van der Waals surface area contributed by atoms with Crippen LogP contribution >= 0.6 is 0 Å². The third-order valence-corrected chi connectivity index (χ3v) is 4.21. The van der Waals surface area contributed by atoms with E-state index < -0.39 is 33.6 Å². The Hall–Kier alpha value is -0.278. The quantitative estimate of drug-likeness (QED) is 0.275. The van der Waals surface area contributed by atoms with Crippen LogP contribution in [0.3, 0.4) is 0 Å². The van der Waals surface area contributed by atoms with Gasteiger partial charge in [0, 0.05) is 19.2 Å². The van der Waals surface area contributed by atoms with Gasteiger partial charge >= 0.3 is 75.0 Å². The molecule has 0 heterocycles. The molecule has 0 bridgehead atoms. The molecule has 1 aromatic rings. The third kappa shape index (κ3) is 13.6. The van der Waals surface area contributed by atoms with Crippen molar-refractivity contribution in [2.24, 2.45) is 0 Å². The number of likely N-dealkylation sites (N-methyl/N-ethyl adjacent to an activating group) is 1. The van der Waals surface area contributed by atoms with Crippen LogP contribution in [-0.2, 0) is 26.1 Å². The maximum Gasteiger partial charge on any atom is 1.00 e. The number of ether oxygens (including phenoxy) is 2. The van der Waals surface area contributed by atoms with E-state index >= 15 is 0 Å². The molecule has 0 saturated heterocycles.